The summed E-state index contributed by atoms with van der Waals surface area (Å²) in [6.07, 6.45) is 4.46. The van der Waals surface area contributed by atoms with E-state index >= 15 is 0 Å². The van der Waals surface area contributed by atoms with Crippen molar-refractivity contribution in [3.63, 3.8) is 0 Å². The van der Waals surface area contributed by atoms with Crippen LogP contribution in [-0.4, -0.2) is 40.2 Å². The Bertz CT molecular complexity index is 612. The maximum Gasteiger partial charge on any atom is 0.270 e. The molecule has 0 spiro atoms. The van der Waals surface area contributed by atoms with Crippen molar-refractivity contribution in [2.24, 2.45) is 0 Å². The summed E-state index contributed by atoms with van der Waals surface area (Å²) >= 11 is 0. The molecule has 0 radical (unpaired) electrons. The molecule has 1 saturated heterocycles. The third kappa shape index (κ3) is 1.68. The third-order valence-electron chi connectivity index (χ3n) is 3.30. The van der Waals surface area contributed by atoms with Crippen LogP contribution in [0.15, 0.2) is 18.3 Å². The highest BCUT2D eigenvalue weighted by atomic mass is 16.2. The second kappa shape index (κ2) is 4.25. The van der Waals surface area contributed by atoms with Crippen LogP contribution in [0.4, 0.5) is 0 Å². The first-order valence-electron chi connectivity index (χ1n) is 6.02. The van der Waals surface area contributed by atoms with Crippen molar-refractivity contribution >= 4 is 23.2 Å². The van der Waals surface area contributed by atoms with Crippen LogP contribution in [-0.2, 0) is 0 Å². The lowest BCUT2D eigenvalue weighted by Crippen LogP contribution is -2.27. The maximum absolute atomic E-state index is 12.2. The summed E-state index contributed by atoms with van der Waals surface area (Å²) in [5, 5.41) is 0. The smallest absolute Gasteiger partial charge is 0.270 e. The van der Waals surface area contributed by atoms with Gasteiger partial charge in [0.25, 0.3) is 5.91 Å². The van der Waals surface area contributed by atoms with E-state index in [9.17, 15) is 9.59 Å². The van der Waals surface area contributed by atoms with Crippen LogP contribution in [0.2, 0.25) is 0 Å². The summed E-state index contributed by atoms with van der Waals surface area (Å²) in [5.74, 6) is -0.0117. The Morgan fingerprint density at radius 2 is 2.17 bits per heavy atom. The minimum Gasteiger partial charge on any atom is -0.349 e. The van der Waals surface area contributed by atoms with E-state index in [1.54, 1.807) is 18.3 Å². The van der Waals surface area contributed by atoms with Crippen LogP contribution in [0.1, 0.15) is 33.7 Å². The number of aromatic amines is 1. The number of carbonyl (C=O) groups excluding carboxylic acids is 2. The molecule has 0 atom stereocenters. The Morgan fingerprint density at radius 3 is 2.89 bits per heavy atom. The van der Waals surface area contributed by atoms with E-state index in [0.717, 1.165) is 32.2 Å². The Balaban J connectivity index is 2.02. The summed E-state index contributed by atoms with van der Waals surface area (Å²) < 4.78 is 0. The van der Waals surface area contributed by atoms with Gasteiger partial charge in [-0.1, -0.05) is 0 Å². The summed E-state index contributed by atoms with van der Waals surface area (Å²) in [7, 11) is 0. The molecule has 1 N–H and O–H groups in total. The third-order valence-corrected chi connectivity index (χ3v) is 3.30. The number of nitrogens with one attached hydrogen (secondary N) is 1. The van der Waals surface area contributed by atoms with Crippen molar-refractivity contribution in [3.8, 4) is 0 Å². The fourth-order valence-corrected chi connectivity index (χ4v) is 2.35. The highest BCUT2D eigenvalue weighted by Crippen LogP contribution is 2.19. The number of hydrogen-bond donors (Lipinski definition) is 1. The number of rotatable bonds is 2. The predicted molar refractivity (Wildman–Crippen MR) is 66.6 cm³/mol. The van der Waals surface area contributed by atoms with Crippen molar-refractivity contribution in [3.05, 3.63) is 29.6 Å². The molecule has 1 fully saturated rings. The molecule has 1 amide bonds. The van der Waals surface area contributed by atoms with Crippen molar-refractivity contribution in [1.82, 2.24) is 14.9 Å². The molecule has 2 aromatic rings. The summed E-state index contributed by atoms with van der Waals surface area (Å²) in [6.45, 7) is 1.62. The van der Waals surface area contributed by atoms with Gasteiger partial charge in [0.2, 0.25) is 0 Å². The highest BCUT2D eigenvalue weighted by Gasteiger charge is 2.21. The van der Waals surface area contributed by atoms with Gasteiger partial charge in [-0.3, -0.25) is 14.6 Å². The zero-order valence-electron chi connectivity index (χ0n) is 9.85. The first-order chi connectivity index (χ1) is 8.79. The molecule has 1 aliphatic rings. The van der Waals surface area contributed by atoms with E-state index in [0.29, 0.717) is 22.3 Å². The summed E-state index contributed by atoms with van der Waals surface area (Å²) in [6, 6.07) is 3.35. The van der Waals surface area contributed by atoms with E-state index in [1.165, 1.54) is 0 Å². The molecule has 0 aliphatic carbocycles. The molecule has 92 valence electrons. The van der Waals surface area contributed by atoms with Gasteiger partial charge in [0.1, 0.15) is 5.69 Å². The van der Waals surface area contributed by atoms with Crippen LogP contribution >= 0.6 is 0 Å². The number of fused-ring (bicyclic) bond motifs is 1. The van der Waals surface area contributed by atoms with Crippen LogP contribution in [0.3, 0.4) is 0 Å². The molecule has 3 heterocycles. The molecule has 5 nitrogen and oxygen atoms in total. The van der Waals surface area contributed by atoms with Gasteiger partial charge in [-0.15, -0.1) is 0 Å². The number of nitrogens with zero attached hydrogens (tertiary/aromatic N) is 2. The first-order valence-corrected chi connectivity index (χ1v) is 6.02. The van der Waals surface area contributed by atoms with Gasteiger partial charge < -0.3 is 9.88 Å². The number of likely N-dealkylation sites (tertiary alicyclic amines) is 1. The van der Waals surface area contributed by atoms with E-state index in [4.69, 9.17) is 0 Å². The normalized spacial score (nSPS) is 15.2. The molecule has 0 bridgehead atoms. The molecule has 18 heavy (non-hydrogen) atoms. The zero-order valence-corrected chi connectivity index (χ0v) is 9.85. The van der Waals surface area contributed by atoms with Gasteiger partial charge in [0.15, 0.2) is 6.29 Å². The summed E-state index contributed by atoms with van der Waals surface area (Å²) in [5.41, 5.74) is 2.33. The Hall–Kier alpha value is -2.17. The number of pyridine rings is 1. The largest absolute Gasteiger partial charge is 0.349 e. The van der Waals surface area contributed by atoms with E-state index < -0.39 is 0 Å². The molecule has 0 aromatic carbocycles. The van der Waals surface area contributed by atoms with Gasteiger partial charge in [0, 0.05) is 24.8 Å². The molecule has 3 rings (SSSR count). The second-order valence-electron chi connectivity index (χ2n) is 4.46. The van der Waals surface area contributed by atoms with Gasteiger partial charge in [-0.05, 0) is 25.0 Å². The summed E-state index contributed by atoms with van der Waals surface area (Å²) in [4.78, 5) is 32.1. The molecular weight excluding hydrogens is 230 g/mol. The number of amides is 1. The highest BCUT2D eigenvalue weighted by molar-refractivity contribution is 6.01. The number of aromatic nitrogens is 2. The lowest BCUT2D eigenvalue weighted by atomic mass is 10.2. The van der Waals surface area contributed by atoms with Gasteiger partial charge in [-0.25, -0.2) is 0 Å². The van der Waals surface area contributed by atoms with E-state index in [1.807, 2.05) is 4.90 Å². The number of H-pyrrole nitrogens is 1. The molecule has 1 aliphatic heterocycles. The monoisotopic (exact) mass is 243 g/mol. The van der Waals surface area contributed by atoms with E-state index in [-0.39, 0.29) is 5.91 Å². The maximum atomic E-state index is 12.2. The number of aldehydes is 1. The van der Waals surface area contributed by atoms with Gasteiger partial charge >= 0.3 is 0 Å². The van der Waals surface area contributed by atoms with Crippen molar-refractivity contribution < 1.29 is 9.59 Å². The zero-order chi connectivity index (χ0) is 12.5. The van der Waals surface area contributed by atoms with Crippen molar-refractivity contribution in [1.29, 1.82) is 0 Å². The molecule has 0 saturated carbocycles. The molecule has 0 unspecified atom stereocenters. The SMILES string of the molecule is O=Cc1ccnc2cc(C(=O)N3CCCC3)[nH]c12. The average Bonchev–Trinajstić information content (AvgIpc) is 3.05. The minimum atomic E-state index is -0.0117. The van der Waals surface area contributed by atoms with Crippen LogP contribution in [0.5, 0.6) is 0 Å². The first kappa shape index (κ1) is 11.0. The fourth-order valence-electron chi connectivity index (χ4n) is 2.35. The predicted octanol–water partition coefficient (Wildman–Crippen LogP) is 1.61. The minimum absolute atomic E-state index is 0.0117. The molecule has 2 aromatic heterocycles. The van der Waals surface area contributed by atoms with Crippen molar-refractivity contribution in [2.75, 3.05) is 13.1 Å². The molecule has 5 heteroatoms. The van der Waals surface area contributed by atoms with Crippen LogP contribution in [0.25, 0.3) is 11.0 Å². The quantitative estimate of drug-likeness (QED) is 0.815. The average molecular weight is 243 g/mol. The second-order valence-corrected chi connectivity index (χ2v) is 4.46. The van der Waals surface area contributed by atoms with Crippen molar-refractivity contribution in [2.45, 2.75) is 12.8 Å². The number of carbonyl (C=O) groups is 2. The van der Waals surface area contributed by atoms with Gasteiger partial charge in [-0.2, -0.15) is 0 Å². The topological polar surface area (TPSA) is 66.1 Å². The van der Waals surface area contributed by atoms with Gasteiger partial charge in [0.05, 0.1) is 11.0 Å². The number of hydrogen-bond acceptors (Lipinski definition) is 3. The Morgan fingerprint density at radius 1 is 1.39 bits per heavy atom. The Labute approximate surface area is 104 Å². The Kier molecular flexibility index (Phi) is 2.59. The molecular formula is C13H13N3O2. The van der Waals surface area contributed by atoms with Crippen LogP contribution < -0.4 is 0 Å². The lowest BCUT2D eigenvalue weighted by molar-refractivity contribution is 0.0787. The van der Waals surface area contributed by atoms with Crippen LogP contribution in [0, 0.1) is 0 Å². The van der Waals surface area contributed by atoms with E-state index in [2.05, 4.69) is 9.97 Å². The fraction of sp³-hybridized carbons (Fsp3) is 0.308. The standard InChI is InChI=1S/C13H13N3O2/c17-8-9-3-4-14-10-7-11(15-12(9)10)13(18)16-5-1-2-6-16/h3-4,7-8,15H,1-2,5-6H2. The lowest BCUT2D eigenvalue weighted by Gasteiger charge is -2.13.